The van der Waals surface area contributed by atoms with E-state index in [0.717, 1.165) is 10.0 Å². The van der Waals surface area contributed by atoms with Crippen LogP contribution in [0.2, 0.25) is 0 Å². The number of aliphatic carboxylic acids is 1. The lowest BCUT2D eigenvalue weighted by atomic mass is 10.1. The van der Waals surface area contributed by atoms with Gasteiger partial charge in [-0.3, -0.25) is 9.59 Å². The topological polar surface area (TPSA) is 66.4 Å². The molecule has 1 aromatic rings. The number of carbonyl (C=O) groups is 2. The van der Waals surface area contributed by atoms with Crippen molar-refractivity contribution in [2.75, 3.05) is 0 Å². The van der Waals surface area contributed by atoms with Crippen molar-refractivity contribution in [1.82, 2.24) is 5.32 Å². The molecule has 0 heterocycles. The van der Waals surface area contributed by atoms with Crippen molar-refractivity contribution in [1.29, 1.82) is 0 Å². The van der Waals surface area contributed by atoms with E-state index in [2.05, 4.69) is 21.2 Å². The highest BCUT2D eigenvalue weighted by molar-refractivity contribution is 9.10. The van der Waals surface area contributed by atoms with Crippen LogP contribution in [0.5, 0.6) is 0 Å². The highest BCUT2D eigenvalue weighted by atomic mass is 79.9. The van der Waals surface area contributed by atoms with Crippen LogP contribution in [0.4, 0.5) is 0 Å². The number of amides is 1. The third-order valence-electron chi connectivity index (χ3n) is 2.04. The zero-order valence-electron chi connectivity index (χ0n) is 8.74. The number of carboxylic acid groups (broad SMARTS) is 1. The molecule has 0 aliphatic carbocycles. The van der Waals surface area contributed by atoms with E-state index in [9.17, 15) is 9.59 Å². The van der Waals surface area contributed by atoms with Gasteiger partial charge in [-0.2, -0.15) is 0 Å². The van der Waals surface area contributed by atoms with Gasteiger partial charge in [0, 0.05) is 4.47 Å². The molecule has 1 amide bonds. The number of halogens is 1. The Hall–Kier alpha value is -1.36. The average molecular weight is 286 g/mol. The first-order chi connectivity index (χ1) is 7.49. The number of carboxylic acids is 1. The van der Waals surface area contributed by atoms with Gasteiger partial charge in [0.05, 0.1) is 6.04 Å². The highest BCUT2D eigenvalue weighted by Crippen LogP contribution is 2.17. The summed E-state index contributed by atoms with van der Waals surface area (Å²) in [7, 11) is 0. The van der Waals surface area contributed by atoms with Gasteiger partial charge >= 0.3 is 5.97 Å². The fourth-order valence-electron chi connectivity index (χ4n) is 1.29. The molecule has 0 fully saturated rings. The Morgan fingerprint density at radius 1 is 1.50 bits per heavy atom. The molecular formula is C11H12BrNO3. The Morgan fingerprint density at radius 2 is 2.19 bits per heavy atom. The van der Waals surface area contributed by atoms with E-state index >= 15 is 0 Å². The predicted molar refractivity (Wildman–Crippen MR) is 63.0 cm³/mol. The molecule has 2 N–H and O–H groups in total. The molecule has 86 valence electrons. The molecule has 0 aliphatic rings. The van der Waals surface area contributed by atoms with Gasteiger partial charge in [0.25, 0.3) is 0 Å². The molecule has 0 saturated carbocycles. The van der Waals surface area contributed by atoms with E-state index < -0.39 is 18.3 Å². The number of carbonyl (C=O) groups excluding carboxylic acids is 1. The molecule has 0 spiro atoms. The molecule has 1 atom stereocenters. The summed E-state index contributed by atoms with van der Waals surface area (Å²) in [5.74, 6) is -1.61. The van der Waals surface area contributed by atoms with E-state index in [1.165, 1.54) is 0 Å². The summed E-state index contributed by atoms with van der Waals surface area (Å²) >= 11 is 3.33. The molecular weight excluding hydrogens is 274 g/mol. The normalized spacial score (nSPS) is 11.9. The minimum atomic E-state index is -1.13. The van der Waals surface area contributed by atoms with E-state index in [-0.39, 0.29) is 6.04 Å². The van der Waals surface area contributed by atoms with Crippen LogP contribution in [0.3, 0.4) is 0 Å². The lowest BCUT2D eigenvalue weighted by Gasteiger charge is -2.13. The summed E-state index contributed by atoms with van der Waals surface area (Å²) in [6, 6.07) is 7.29. The third kappa shape index (κ3) is 4.02. The minimum absolute atomic E-state index is 0.204. The van der Waals surface area contributed by atoms with Crippen molar-refractivity contribution in [2.45, 2.75) is 19.4 Å². The van der Waals surface area contributed by atoms with Crippen LogP contribution < -0.4 is 5.32 Å². The zero-order valence-corrected chi connectivity index (χ0v) is 10.3. The smallest absolute Gasteiger partial charge is 0.312 e. The second-order valence-corrected chi connectivity index (χ2v) is 4.33. The van der Waals surface area contributed by atoms with Crippen molar-refractivity contribution in [3.8, 4) is 0 Å². The maximum atomic E-state index is 11.2. The summed E-state index contributed by atoms with van der Waals surface area (Å²) in [6.07, 6.45) is -0.502. The summed E-state index contributed by atoms with van der Waals surface area (Å²) in [5.41, 5.74) is 0.924. The molecule has 0 aliphatic heterocycles. The second-order valence-electron chi connectivity index (χ2n) is 3.41. The average Bonchev–Trinajstić information content (AvgIpc) is 2.16. The monoisotopic (exact) mass is 285 g/mol. The lowest BCUT2D eigenvalue weighted by molar-refractivity contribution is -0.140. The lowest BCUT2D eigenvalue weighted by Crippen LogP contribution is -2.28. The van der Waals surface area contributed by atoms with Crippen LogP contribution in [-0.2, 0) is 9.59 Å². The van der Waals surface area contributed by atoms with Gasteiger partial charge < -0.3 is 10.4 Å². The van der Waals surface area contributed by atoms with Crippen molar-refractivity contribution >= 4 is 27.8 Å². The molecule has 0 aromatic heterocycles. The molecule has 1 aromatic carbocycles. The molecule has 0 saturated heterocycles. The van der Waals surface area contributed by atoms with Crippen LogP contribution >= 0.6 is 15.9 Å². The van der Waals surface area contributed by atoms with Gasteiger partial charge in [-0.05, 0) is 24.6 Å². The van der Waals surface area contributed by atoms with Crippen LogP contribution in [0.15, 0.2) is 28.7 Å². The first kappa shape index (κ1) is 12.7. The number of nitrogens with one attached hydrogen (secondary N) is 1. The van der Waals surface area contributed by atoms with Crippen LogP contribution in [0.25, 0.3) is 0 Å². The van der Waals surface area contributed by atoms with Gasteiger partial charge in [-0.25, -0.2) is 0 Å². The minimum Gasteiger partial charge on any atom is -0.481 e. The van der Waals surface area contributed by atoms with Crippen LogP contribution in [0.1, 0.15) is 24.9 Å². The Morgan fingerprint density at radius 3 is 2.75 bits per heavy atom. The van der Waals surface area contributed by atoms with Gasteiger partial charge in [-0.15, -0.1) is 0 Å². The first-order valence-electron chi connectivity index (χ1n) is 4.75. The van der Waals surface area contributed by atoms with Gasteiger partial charge in [-0.1, -0.05) is 28.1 Å². The number of rotatable bonds is 4. The Bertz CT molecular complexity index is 406. The number of benzene rings is 1. The van der Waals surface area contributed by atoms with E-state index in [1.54, 1.807) is 0 Å². The standard InChI is InChI=1S/C11H12BrNO3/c1-7(13-10(14)6-11(15)16)8-3-2-4-9(12)5-8/h2-5,7H,6H2,1H3,(H,13,14)(H,15,16). The SMILES string of the molecule is CC(NC(=O)CC(=O)O)c1cccc(Br)c1. The Balaban J connectivity index is 2.62. The molecule has 0 radical (unpaired) electrons. The number of hydrogen-bond acceptors (Lipinski definition) is 2. The van der Waals surface area contributed by atoms with Gasteiger partial charge in [0.15, 0.2) is 0 Å². The third-order valence-corrected chi connectivity index (χ3v) is 2.53. The van der Waals surface area contributed by atoms with Crippen molar-refractivity contribution in [3.63, 3.8) is 0 Å². The second kappa shape index (κ2) is 5.65. The maximum absolute atomic E-state index is 11.2. The first-order valence-corrected chi connectivity index (χ1v) is 5.55. The molecule has 5 heteroatoms. The van der Waals surface area contributed by atoms with Crippen molar-refractivity contribution in [3.05, 3.63) is 34.3 Å². The summed E-state index contributed by atoms with van der Waals surface area (Å²) < 4.78 is 0.921. The van der Waals surface area contributed by atoms with Gasteiger partial charge in [0.2, 0.25) is 5.91 Å². The molecule has 1 rings (SSSR count). The Labute approximate surface area is 102 Å². The predicted octanol–water partition coefficient (Wildman–Crippen LogP) is 2.10. The van der Waals surface area contributed by atoms with Gasteiger partial charge in [0.1, 0.15) is 6.42 Å². The molecule has 4 nitrogen and oxygen atoms in total. The van der Waals surface area contributed by atoms with E-state index in [4.69, 9.17) is 5.11 Å². The van der Waals surface area contributed by atoms with E-state index in [1.807, 2.05) is 31.2 Å². The molecule has 0 bridgehead atoms. The highest BCUT2D eigenvalue weighted by Gasteiger charge is 2.12. The van der Waals surface area contributed by atoms with Crippen LogP contribution in [0, 0.1) is 0 Å². The van der Waals surface area contributed by atoms with Crippen molar-refractivity contribution < 1.29 is 14.7 Å². The number of hydrogen-bond donors (Lipinski definition) is 2. The van der Waals surface area contributed by atoms with Crippen molar-refractivity contribution in [2.24, 2.45) is 0 Å². The molecule has 16 heavy (non-hydrogen) atoms. The fourth-order valence-corrected chi connectivity index (χ4v) is 1.71. The Kier molecular flexibility index (Phi) is 4.49. The van der Waals surface area contributed by atoms with Crippen LogP contribution in [-0.4, -0.2) is 17.0 Å². The largest absolute Gasteiger partial charge is 0.481 e. The van der Waals surface area contributed by atoms with E-state index in [0.29, 0.717) is 0 Å². The summed E-state index contributed by atoms with van der Waals surface area (Å²) in [5, 5.41) is 11.1. The fraction of sp³-hybridized carbons (Fsp3) is 0.273. The summed E-state index contributed by atoms with van der Waals surface area (Å²) in [6.45, 7) is 1.81. The maximum Gasteiger partial charge on any atom is 0.312 e. The quantitative estimate of drug-likeness (QED) is 0.833. The zero-order chi connectivity index (χ0) is 12.1. The summed E-state index contributed by atoms with van der Waals surface area (Å²) in [4.78, 5) is 21.5. The molecule has 1 unspecified atom stereocenters.